The van der Waals surface area contributed by atoms with Crippen LogP contribution < -0.4 is 0 Å². The average Bonchev–Trinajstić information content (AvgIpc) is 2.30. The monoisotopic (exact) mass is 269 g/mol. The van der Waals surface area contributed by atoms with Crippen molar-refractivity contribution in [3.8, 4) is 0 Å². The molecule has 0 atom stereocenters. The number of hydrogen-bond donors (Lipinski definition) is 0. The molecule has 0 aliphatic rings. The van der Waals surface area contributed by atoms with Crippen LogP contribution in [0.4, 0.5) is 0 Å². The second-order valence-electron chi connectivity index (χ2n) is 4.13. The molecule has 0 radical (unpaired) electrons. The molecule has 0 aliphatic carbocycles. The summed E-state index contributed by atoms with van der Waals surface area (Å²) in [5.41, 5.74) is 1.08. The van der Waals surface area contributed by atoms with Gasteiger partial charge in [-0.15, -0.1) is 0 Å². The van der Waals surface area contributed by atoms with E-state index in [0.717, 1.165) is 0 Å². The highest BCUT2D eigenvalue weighted by Crippen LogP contribution is 2.21. The van der Waals surface area contributed by atoms with E-state index in [0.29, 0.717) is 24.2 Å². The summed E-state index contributed by atoms with van der Waals surface area (Å²) in [5, 5.41) is 0. The van der Waals surface area contributed by atoms with Gasteiger partial charge in [0.25, 0.3) is 0 Å². The van der Waals surface area contributed by atoms with Crippen LogP contribution in [-0.2, 0) is 10.0 Å². The molecule has 0 bridgehead atoms. The number of aryl methyl sites for hydroxylation is 1. The lowest BCUT2D eigenvalue weighted by Gasteiger charge is -2.20. The van der Waals surface area contributed by atoms with Crippen LogP contribution in [0.25, 0.3) is 0 Å². The van der Waals surface area contributed by atoms with Crippen molar-refractivity contribution in [2.75, 3.05) is 13.1 Å². The minimum Gasteiger partial charge on any atom is -0.295 e. The smallest absolute Gasteiger partial charge is 0.243 e. The number of nitrogens with zero attached hydrogens (tertiary/aromatic N) is 1. The minimum atomic E-state index is -3.51. The van der Waals surface area contributed by atoms with Crippen LogP contribution >= 0.6 is 0 Å². The molecule has 0 unspecified atom stereocenters. The van der Waals surface area contributed by atoms with Crippen molar-refractivity contribution in [1.82, 2.24) is 4.31 Å². The predicted octanol–water partition coefficient (Wildman–Crippen LogP) is 2.23. The van der Waals surface area contributed by atoms with Crippen molar-refractivity contribution in [2.24, 2.45) is 0 Å². The molecule has 1 rings (SSSR count). The quantitative estimate of drug-likeness (QED) is 0.770. The van der Waals surface area contributed by atoms with Crippen LogP contribution in [0.1, 0.15) is 36.7 Å². The number of carbonyl (C=O) groups is 1. The number of carbonyl (C=O) groups excluding carboxylic acids is 1. The fraction of sp³-hybridized carbons (Fsp3) is 0.462. The first-order chi connectivity index (χ1) is 8.34. The lowest BCUT2D eigenvalue weighted by atomic mass is 10.1. The molecule has 0 N–H and O–H groups in total. The molecule has 0 aromatic heterocycles. The van der Waals surface area contributed by atoms with E-state index < -0.39 is 10.0 Å². The molecule has 0 saturated heterocycles. The molecule has 0 spiro atoms. The highest BCUT2D eigenvalue weighted by Gasteiger charge is 2.24. The predicted molar refractivity (Wildman–Crippen MR) is 71.3 cm³/mol. The Morgan fingerprint density at radius 2 is 1.78 bits per heavy atom. The zero-order valence-corrected chi connectivity index (χ0v) is 12.0. The highest BCUT2D eigenvalue weighted by atomic mass is 32.2. The summed E-state index contributed by atoms with van der Waals surface area (Å²) in [6.45, 7) is 7.60. The van der Waals surface area contributed by atoms with Gasteiger partial charge in [0.1, 0.15) is 0 Å². The molecule has 0 saturated carbocycles. The summed E-state index contributed by atoms with van der Waals surface area (Å²) >= 11 is 0. The van der Waals surface area contributed by atoms with E-state index in [1.807, 2.05) is 0 Å². The Labute approximate surface area is 109 Å². The number of hydrogen-bond acceptors (Lipinski definition) is 3. The lowest BCUT2D eigenvalue weighted by molar-refractivity contribution is 0.101. The fourth-order valence-electron chi connectivity index (χ4n) is 1.80. The van der Waals surface area contributed by atoms with Crippen LogP contribution in [0.15, 0.2) is 23.1 Å². The number of rotatable bonds is 5. The molecule has 100 valence electrons. The van der Waals surface area contributed by atoms with Crippen molar-refractivity contribution in [2.45, 2.75) is 32.6 Å². The van der Waals surface area contributed by atoms with E-state index in [1.54, 1.807) is 32.9 Å². The normalized spacial score (nSPS) is 11.8. The first kappa shape index (κ1) is 14.9. The maximum Gasteiger partial charge on any atom is 0.243 e. The van der Waals surface area contributed by atoms with E-state index in [2.05, 4.69) is 0 Å². The van der Waals surface area contributed by atoms with Gasteiger partial charge in [0.15, 0.2) is 5.78 Å². The standard InChI is InChI=1S/C13H19NO3S/c1-5-14(6-2)18(16,17)13-9-12(11(4)15)8-7-10(13)3/h7-9H,5-6H2,1-4H3. The lowest BCUT2D eigenvalue weighted by Crippen LogP contribution is -2.31. The van der Waals surface area contributed by atoms with Gasteiger partial charge in [0, 0.05) is 18.7 Å². The van der Waals surface area contributed by atoms with Crippen LogP contribution in [0.2, 0.25) is 0 Å². The van der Waals surface area contributed by atoms with Crippen molar-refractivity contribution >= 4 is 15.8 Å². The topological polar surface area (TPSA) is 54.5 Å². The summed E-state index contributed by atoms with van der Waals surface area (Å²) < 4.78 is 26.2. The molecule has 1 aromatic carbocycles. The highest BCUT2D eigenvalue weighted by molar-refractivity contribution is 7.89. The molecule has 0 aliphatic heterocycles. The molecule has 0 heterocycles. The zero-order chi connectivity index (χ0) is 13.9. The largest absolute Gasteiger partial charge is 0.295 e. The minimum absolute atomic E-state index is 0.133. The van der Waals surface area contributed by atoms with Crippen LogP contribution in [0.5, 0.6) is 0 Å². The Morgan fingerprint density at radius 1 is 1.22 bits per heavy atom. The molecule has 0 amide bonds. The maximum absolute atomic E-state index is 12.4. The van der Waals surface area contributed by atoms with Crippen LogP contribution in [0.3, 0.4) is 0 Å². The maximum atomic E-state index is 12.4. The third kappa shape index (κ3) is 2.79. The van der Waals surface area contributed by atoms with Crippen LogP contribution in [-0.4, -0.2) is 31.6 Å². The molecular formula is C13H19NO3S. The van der Waals surface area contributed by atoms with Gasteiger partial charge in [-0.05, 0) is 25.5 Å². The first-order valence-corrected chi connectivity index (χ1v) is 7.40. The summed E-state index contributed by atoms with van der Waals surface area (Å²) in [6.07, 6.45) is 0. The van der Waals surface area contributed by atoms with Gasteiger partial charge in [-0.2, -0.15) is 4.31 Å². The molecule has 4 nitrogen and oxygen atoms in total. The van der Waals surface area contributed by atoms with Gasteiger partial charge in [0.2, 0.25) is 10.0 Å². The van der Waals surface area contributed by atoms with Gasteiger partial charge in [0.05, 0.1) is 4.90 Å². The van der Waals surface area contributed by atoms with Crippen molar-refractivity contribution in [3.05, 3.63) is 29.3 Å². The zero-order valence-electron chi connectivity index (χ0n) is 11.2. The third-order valence-corrected chi connectivity index (χ3v) is 5.11. The first-order valence-electron chi connectivity index (χ1n) is 5.96. The Bertz CT molecular complexity index is 545. The summed E-state index contributed by atoms with van der Waals surface area (Å²) in [4.78, 5) is 11.6. The van der Waals surface area contributed by atoms with Crippen molar-refractivity contribution in [3.63, 3.8) is 0 Å². The van der Waals surface area contributed by atoms with Gasteiger partial charge in [-0.3, -0.25) is 4.79 Å². The molecular weight excluding hydrogens is 250 g/mol. The number of benzene rings is 1. The number of sulfonamides is 1. The summed E-state index contributed by atoms with van der Waals surface area (Å²) in [6, 6.07) is 4.79. The van der Waals surface area contributed by atoms with Gasteiger partial charge < -0.3 is 0 Å². The fourth-order valence-corrected chi connectivity index (χ4v) is 3.51. The van der Waals surface area contributed by atoms with E-state index >= 15 is 0 Å². The Morgan fingerprint density at radius 3 is 2.22 bits per heavy atom. The molecule has 1 aromatic rings. The molecule has 0 fully saturated rings. The Hall–Kier alpha value is -1.20. The van der Waals surface area contributed by atoms with Gasteiger partial charge >= 0.3 is 0 Å². The van der Waals surface area contributed by atoms with Gasteiger partial charge in [-0.25, -0.2) is 8.42 Å². The second kappa shape index (κ2) is 5.63. The molecule has 18 heavy (non-hydrogen) atoms. The van der Waals surface area contributed by atoms with E-state index in [9.17, 15) is 13.2 Å². The van der Waals surface area contributed by atoms with E-state index in [-0.39, 0.29) is 10.7 Å². The van der Waals surface area contributed by atoms with E-state index in [4.69, 9.17) is 0 Å². The van der Waals surface area contributed by atoms with Crippen LogP contribution in [0, 0.1) is 6.92 Å². The molecule has 5 heteroatoms. The average molecular weight is 269 g/mol. The second-order valence-corrected chi connectivity index (χ2v) is 6.03. The summed E-state index contributed by atoms with van der Waals surface area (Å²) in [5.74, 6) is -0.133. The van der Waals surface area contributed by atoms with E-state index in [1.165, 1.54) is 17.3 Å². The third-order valence-electron chi connectivity index (χ3n) is 2.92. The van der Waals surface area contributed by atoms with Crippen molar-refractivity contribution in [1.29, 1.82) is 0 Å². The summed E-state index contributed by atoms with van der Waals surface area (Å²) in [7, 11) is -3.51. The van der Waals surface area contributed by atoms with Crippen molar-refractivity contribution < 1.29 is 13.2 Å². The Balaban J connectivity index is 3.40. The number of Topliss-reactive ketones (excluding diaryl/α,β-unsaturated/α-hetero) is 1. The SMILES string of the molecule is CCN(CC)S(=O)(=O)c1cc(C(C)=O)ccc1C. The van der Waals surface area contributed by atoms with Gasteiger partial charge in [-0.1, -0.05) is 26.0 Å². The Kier molecular flexibility index (Phi) is 4.65. The number of ketones is 1.